The zero-order valence-electron chi connectivity index (χ0n) is 12.1. The van der Waals surface area contributed by atoms with Crippen LogP contribution in [0.2, 0.25) is 5.02 Å². The monoisotopic (exact) mass is 298 g/mol. The largest absolute Gasteiger partial charge is 0.361 e. The summed E-state index contributed by atoms with van der Waals surface area (Å²) in [5.74, 6) is 0. The number of hydrogen-bond acceptors (Lipinski definition) is 1. The van der Waals surface area contributed by atoms with Crippen LogP contribution >= 0.6 is 11.6 Å². The Bertz CT molecular complexity index is 715. The molecule has 0 amide bonds. The number of halogens is 1. The van der Waals surface area contributed by atoms with Crippen LogP contribution in [0.4, 0.5) is 0 Å². The molecular formula is C18H19ClN2. The van der Waals surface area contributed by atoms with E-state index in [1.54, 1.807) is 0 Å². The summed E-state index contributed by atoms with van der Waals surface area (Å²) >= 11 is 5.92. The molecule has 0 aliphatic rings. The molecule has 3 aromatic rings. The minimum absolute atomic E-state index is 0.417. The Labute approximate surface area is 130 Å². The first kappa shape index (κ1) is 14.2. The molecule has 0 aliphatic carbocycles. The zero-order valence-corrected chi connectivity index (χ0v) is 12.8. The summed E-state index contributed by atoms with van der Waals surface area (Å²) in [5.41, 5.74) is 3.83. The number of aromatic nitrogens is 1. The van der Waals surface area contributed by atoms with Crippen molar-refractivity contribution in [2.75, 3.05) is 0 Å². The Morgan fingerprint density at radius 2 is 1.90 bits per heavy atom. The molecule has 0 aliphatic heterocycles. The van der Waals surface area contributed by atoms with Gasteiger partial charge in [-0.15, -0.1) is 0 Å². The fourth-order valence-corrected chi connectivity index (χ4v) is 2.76. The van der Waals surface area contributed by atoms with Gasteiger partial charge in [-0.3, -0.25) is 0 Å². The maximum absolute atomic E-state index is 5.92. The number of rotatable bonds is 5. The van der Waals surface area contributed by atoms with Crippen molar-refractivity contribution in [2.24, 2.45) is 0 Å². The standard InChI is InChI=1S/C18H19ClN2/c1-13(11-14-5-7-16(19)8-6-14)21-12-15-3-2-4-18-17(15)9-10-20-18/h2-10,13,20-21H,11-12H2,1H3. The summed E-state index contributed by atoms with van der Waals surface area (Å²) in [4.78, 5) is 3.25. The summed E-state index contributed by atoms with van der Waals surface area (Å²) in [6, 6.07) is 17.0. The molecule has 0 spiro atoms. The van der Waals surface area contributed by atoms with Crippen LogP contribution in [0.1, 0.15) is 18.1 Å². The Kier molecular flexibility index (Phi) is 4.28. The molecule has 2 aromatic carbocycles. The Hall–Kier alpha value is -1.77. The lowest BCUT2D eigenvalue weighted by molar-refractivity contribution is 0.547. The molecule has 0 bridgehead atoms. The molecule has 0 radical (unpaired) electrons. The molecule has 0 saturated heterocycles. The molecule has 3 rings (SSSR count). The van der Waals surface area contributed by atoms with E-state index in [1.165, 1.54) is 22.0 Å². The van der Waals surface area contributed by atoms with Crippen LogP contribution in [0.3, 0.4) is 0 Å². The van der Waals surface area contributed by atoms with Crippen molar-refractivity contribution >= 4 is 22.5 Å². The smallest absolute Gasteiger partial charge is 0.0457 e. The van der Waals surface area contributed by atoms with Gasteiger partial charge in [-0.25, -0.2) is 0 Å². The minimum Gasteiger partial charge on any atom is -0.361 e. The molecule has 3 heteroatoms. The van der Waals surface area contributed by atoms with Crippen LogP contribution < -0.4 is 5.32 Å². The summed E-state index contributed by atoms with van der Waals surface area (Å²) in [7, 11) is 0. The van der Waals surface area contributed by atoms with E-state index in [1.807, 2.05) is 18.3 Å². The number of hydrogen-bond donors (Lipinski definition) is 2. The van der Waals surface area contributed by atoms with Crippen LogP contribution in [-0.4, -0.2) is 11.0 Å². The molecule has 0 saturated carbocycles. The maximum Gasteiger partial charge on any atom is 0.0457 e. The average Bonchev–Trinajstić information content (AvgIpc) is 2.96. The van der Waals surface area contributed by atoms with Crippen LogP contribution in [0.25, 0.3) is 10.9 Å². The molecule has 1 heterocycles. The van der Waals surface area contributed by atoms with Crippen molar-refractivity contribution in [3.8, 4) is 0 Å². The second-order valence-electron chi connectivity index (χ2n) is 5.47. The van der Waals surface area contributed by atoms with E-state index in [0.29, 0.717) is 6.04 Å². The third-order valence-electron chi connectivity index (χ3n) is 3.78. The fourth-order valence-electron chi connectivity index (χ4n) is 2.64. The van der Waals surface area contributed by atoms with Gasteiger partial charge >= 0.3 is 0 Å². The highest BCUT2D eigenvalue weighted by Crippen LogP contribution is 2.17. The van der Waals surface area contributed by atoms with Gasteiger partial charge < -0.3 is 10.3 Å². The SMILES string of the molecule is CC(Cc1ccc(Cl)cc1)NCc1cccc2[nH]ccc12. The first-order valence-corrected chi connectivity index (χ1v) is 7.63. The summed E-state index contributed by atoms with van der Waals surface area (Å²) in [6.45, 7) is 3.09. The van der Waals surface area contributed by atoms with E-state index in [4.69, 9.17) is 11.6 Å². The highest BCUT2D eigenvalue weighted by atomic mass is 35.5. The van der Waals surface area contributed by atoms with Gasteiger partial charge in [-0.05, 0) is 48.7 Å². The highest BCUT2D eigenvalue weighted by Gasteiger charge is 2.06. The number of fused-ring (bicyclic) bond motifs is 1. The van der Waals surface area contributed by atoms with Crippen molar-refractivity contribution in [1.82, 2.24) is 10.3 Å². The first-order chi connectivity index (χ1) is 10.2. The zero-order chi connectivity index (χ0) is 14.7. The van der Waals surface area contributed by atoms with Gasteiger partial charge in [0.05, 0.1) is 0 Å². The number of aromatic amines is 1. The van der Waals surface area contributed by atoms with Gasteiger partial charge in [-0.1, -0.05) is 35.9 Å². The van der Waals surface area contributed by atoms with E-state index >= 15 is 0 Å². The predicted molar refractivity (Wildman–Crippen MR) is 89.8 cm³/mol. The van der Waals surface area contributed by atoms with E-state index in [2.05, 4.69) is 53.6 Å². The van der Waals surface area contributed by atoms with Crippen LogP contribution in [-0.2, 0) is 13.0 Å². The highest BCUT2D eigenvalue weighted by molar-refractivity contribution is 6.30. The Balaban J connectivity index is 1.62. The topological polar surface area (TPSA) is 27.8 Å². The van der Waals surface area contributed by atoms with Gasteiger partial charge in [0.2, 0.25) is 0 Å². The lowest BCUT2D eigenvalue weighted by Crippen LogP contribution is -2.27. The van der Waals surface area contributed by atoms with E-state index < -0.39 is 0 Å². The van der Waals surface area contributed by atoms with Gasteiger partial charge in [0.25, 0.3) is 0 Å². The minimum atomic E-state index is 0.417. The molecule has 1 unspecified atom stereocenters. The van der Waals surface area contributed by atoms with Gasteiger partial charge in [-0.2, -0.15) is 0 Å². The van der Waals surface area contributed by atoms with Crippen LogP contribution in [0.5, 0.6) is 0 Å². The van der Waals surface area contributed by atoms with Crippen molar-refractivity contribution in [3.05, 3.63) is 70.9 Å². The van der Waals surface area contributed by atoms with E-state index in [-0.39, 0.29) is 0 Å². The first-order valence-electron chi connectivity index (χ1n) is 7.25. The number of benzene rings is 2. The second kappa shape index (κ2) is 6.33. The molecule has 108 valence electrons. The normalized spacial score (nSPS) is 12.7. The van der Waals surface area contributed by atoms with Crippen molar-refractivity contribution in [3.63, 3.8) is 0 Å². The van der Waals surface area contributed by atoms with E-state index in [9.17, 15) is 0 Å². The van der Waals surface area contributed by atoms with Gasteiger partial charge in [0.15, 0.2) is 0 Å². The quantitative estimate of drug-likeness (QED) is 0.711. The lowest BCUT2D eigenvalue weighted by atomic mass is 10.1. The van der Waals surface area contributed by atoms with E-state index in [0.717, 1.165) is 18.0 Å². The number of H-pyrrole nitrogens is 1. The third kappa shape index (κ3) is 3.46. The average molecular weight is 299 g/mol. The van der Waals surface area contributed by atoms with Gasteiger partial charge in [0, 0.05) is 34.7 Å². The molecule has 1 atom stereocenters. The lowest BCUT2D eigenvalue weighted by Gasteiger charge is -2.14. The third-order valence-corrected chi connectivity index (χ3v) is 4.03. The predicted octanol–water partition coefficient (Wildman–Crippen LogP) is 4.54. The summed E-state index contributed by atoms with van der Waals surface area (Å²) in [5, 5.41) is 5.68. The van der Waals surface area contributed by atoms with Crippen molar-refractivity contribution < 1.29 is 0 Å². The molecule has 21 heavy (non-hydrogen) atoms. The maximum atomic E-state index is 5.92. The molecule has 0 fully saturated rings. The molecule has 1 aromatic heterocycles. The Morgan fingerprint density at radius 3 is 2.71 bits per heavy atom. The van der Waals surface area contributed by atoms with Crippen LogP contribution in [0, 0.1) is 0 Å². The Morgan fingerprint density at radius 1 is 1.10 bits per heavy atom. The molecule has 2 nitrogen and oxygen atoms in total. The molecular weight excluding hydrogens is 280 g/mol. The fraction of sp³-hybridized carbons (Fsp3) is 0.222. The van der Waals surface area contributed by atoms with Crippen molar-refractivity contribution in [1.29, 1.82) is 0 Å². The molecule has 2 N–H and O–H groups in total. The van der Waals surface area contributed by atoms with Crippen molar-refractivity contribution in [2.45, 2.75) is 25.9 Å². The number of nitrogens with one attached hydrogen (secondary N) is 2. The second-order valence-corrected chi connectivity index (χ2v) is 5.91. The van der Waals surface area contributed by atoms with Crippen LogP contribution in [0.15, 0.2) is 54.7 Å². The van der Waals surface area contributed by atoms with Gasteiger partial charge in [0.1, 0.15) is 0 Å². The summed E-state index contributed by atoms with van der Waals surface area (Å²) < 4.78 is 0. The summed E-state index contributed by atoms with van der Waals surface area (Å²) in [6.07, 6.45) is 2.99.